The molecule has 0 amide bonds. The van der Waals surface area contributed by atoms with Crippen LogP contribution in [0.4, 0.5) is 0 Å². The molecule has 0 radical (unpaired) electrons. The molecular formula is C14H24O2. The van der Waals surface area contributed by atoms with Gasteiger partial charge in [0.05, 0.1) is 0 Å². The molecule has 0 unspecified atom stereocenters. The molecule has 1 aromatic rings. The van der Waals surface area contributed by atoms with Gasteiger partial charge in [-0.15, -0.1) is 0 Å². The van der Waals surface area contributed by atoms with Gasteiger partial charge in [0.25, 0.3) is 0 Å². The lowest BCUT2D eigenvalue weighted by Gasteiger charge is -2.07. The van der Waals surface area contributed by atoms with Crippen LogP contribution >= 0.6 is 0 Å². The molecule has 0 atom stereocenters. The fourth-order valence-electron chi connectivity index (χ4n) is 0.967. The summed E-state index contributed by atoms with van der Waals surface area (Å²) in [5.41, 5.74) is 0. The second-order valence-electron chi connectivity index (χ2n) is 4.66. The highest BCUT2D eigenvalue weighted by atomic mass is 16.5. The van der Waals surface area contributed by atoms with Gasteiger partial charge in [-0.25, -0.2) is 0 Å². The fraction of sp³-hybridized carbons (Fsp3) is 0.571. The zero-order valence-electron chi connectivity index (χ0n) is 10.8. The van der Waals surface area contributed by atoms with Crippen LogP contribution in [0, 0.1) is 11.8 Å². The molecule has 2 heteroatoms. The number of benzene rings is 1. The Labute approximate surface area is 99.3 Å². The van der Waals surface area contributed by atoms with Crippen LogP contribution in [0.1, 0.15) is 27.7 Å². The van der Waals surface area contributed by atoms with E-state index in [0.717, 1.165) is 13.2 Å². The van der Waals surface area contributed by atoms with Crippen molar-refractivity contribution in [3.8, 4) is 5.75 Å². The van der Waals surface area contributed by atoms with Gasteiger partial charge < -0.3 is 9.84 Å². The molecule has 92 valence electrons. The molecule has 1 N–H and O–H groups in total. The van der Waals surface area contributed by atoms with Crippen LogP contribution in [0.3, 0.4) is 0 Å². The number of rotatable bonds is 4. The summed E-state index contributed by atoms with van der Waals surface area (Å²) in [6.45, 7) is 10.5. The van der Waals surface area contributed by atoms with E-state index in [1.807, 2.05) is 6.07 Å². The number of phenolic OH excluding ortho intramolecular Hbond substituents is 1. The number of aromatic hydroxyl groups is 1. The minimum Gasteiger partial charge on any atom is -0.508 e. The number of hydrogen-bond donors (Lipinski definition) is 1. The number of para-hydroxylation sites is 1. The predicted molar refractivity (Wildman–Crippen MR) is 68.6 cm³/mol. The topological polar surface area (TPSA) is 29.5 Å². The summed E-state index contributed by atoms with van der Waals surface area (Å²) >= 11 is 0. The summed E-state index contributed by atoms with van der Waals surface area (Å²) in [6.07, 6.45) is 0. The van der Waals surface area contributed by atoms with Crippen LogP contribution in [0.2, 0.25) is 0 Å². The van der Waals surface area contributed by atoms with Crippen LogP contribution in [0.15, 0.2) is 30.3 Å². The first-order valence-electron chi connectivity index (χ1n) is 5.84. The Morgan fingerprint density at radius 3 is 1.62 bits per heavy atom. The van der Waals surface area contributed by atoms with Gasteiger partial charge in [-0.3, -0.25) is 0 Å². The third kappa shape index (κ3) is 11.1. The second-order valence-corrected chi connectivity index (χ2v) is 4.66. The maximum absolute atomic E-state index is 8.63. The molecular weight excluding hydrogens is 200 g/mol. The Hall–Kier alpha value is -1.02. The first-order valence-corrected chi connectivity index (χ1v) is 5.84. The number of phenols is 1. The second kappa shape index (κ2) is 9.22. The molecule has 0 heterocycles. The summed E-state index contributed by atoms with van der Waals surface area (Å²) < 4.78 is 5.36. The van der Waals surface area contributed by atoms with Crippen molar-refractivity contribution in [2.24, 2.45) is 11.8 Å². The Balaban J connectivity index is 0.000000288. The van der Waals surface area contributed by atoms with Gasteiger partial charge in [0, 0.05) is 13.2 Å². The van der Waals surface area contributed by atoms with Gasteiger partial charge in [0.2, 0.25) is 0 Å². The molecule has 0 saturated carbocycles. The molecule has 0 aliphatic heterocycles. The standard InChI is InChI=1S/C8H18O.C6H6O/c1-7(2)5-9-6-8(3)4;7-6-4-2-1-3-5-6/h7-8H,5-6H2,1-4H3;1-5,7H. The first-order chi connectivity index (χ1) is 7.52. The van der Waals surface area contributed by atoms with Crippen LogP contribution in [0.5, 0.6) is 5.75 Å². The van der Waals surface area contributed by atoms with E-state index in [1.54, 1.807) is 24.3 Å². The Morgan fingerprint density at radius 1 is 0.938 bits per heavy atom. The van der Waals surface area contributed by atoms with Gasteiger partial charge >= 0.3 is 0 Å². The Morgan fingerprint density at radius 2 is 1.38 bits per heavy atom. The maximum atomic E-state index is 8.63. The van der Waals surface area contributed by atoms with E-state index in [4.69, 9.17) is 9.84 Å². The average molecular weight is 224 g/mol. The third-order valence-electron chi connectivity index (χ3n) is 1.66. The van der Waals surface area contributed by atoms with Crippen molar-refractivity contribution in [2.45, 2.75) is 27.7 Å². The van der Waals surface area contributed by atoms with E-state index in [1.165, 1.54) is 0 Å². The van der Waals surface area contributed by atoms with Gasteiger partial charge in [0.15, 0.2) is 0 Å². The summed E-state index contributed by atoms with van der Waals surface area (Å²) in [4.78, 5) is 0. The van der Waals surface area contributed by atoms with Crippen molar-refractivity contribution in [1.29, 1.82) is 0 Å². The monoisotopic (exact) mass is 224 g/mol. The number of hydrogen-bond acceptors (Lipinski definition) is 2. The minimum absolute atomic E-state index is 0.322. The molecule has 0 fully saturated rings. The quantitative estimate of drug-likeness (QED) is 0.845. The van der Waals surface area contributed by atoms with E-state index in [0.29, 0.717) is 17.6 Å². The molecule has 2 nitrogen and oxygen atoms in total. The highest BCUT2D eigenvalue weighted by Crippen LogP contribution is 2.02. The van der Waals surface area contributed by atoms with E-state index in [9.17, 15) is 0 Å². The highest BCUT2D eigenvalue weighted by molar-refractivity contribution is 5.18. The SMILES string of the molecule is CC(C)COCC(C)C.Oc1ccccc1. The summed E-state index contributed by atoms with van der Waals surface area (Å²) in [6, 6.07) is 8.71. The van der Waals surface area contributed by atoms with Crippen LogP contribution in [0.25, 0.3) is 0 Å². The Kier molecular flexibility index (Phi) is 8.64. The largest absolute Gasteiger partial charge is 0.508 e. The highest BCUT2D eigenvalue weighted by Gasteiger charge is 1.95. The molecule has 0 spiro atoms. The van der Waals surface area contributed by atoms with Gasteiger partial charge in [-0.2, -0.15) is 0 Å². The van der Waals surface area contributed by atoms with Crippen molar-refractivity contribution in [1.82, 2.24) is 0 Å². The van der Waals surface area contributed by atoms with Gasteiger partial charge in [-0.05, 0) is 24.0 Å². The molecule has 0 aliphatic carbocycles. The smallest absolute Gasteiger partial charge is 0.115 e. The number of ether oxygens (including phenoxy) is 1. The van der Waals surface area contributed by atoms with Crippen molar-refractivity contribution < 1.29 is 9.84 Å². The van der Waals surface area contributed by atoms with Gasteiger partial charge in [-0.1, -0.05) is 45.9 Å². The average Bonchev–Trinajstić information content (AvgIpc) is 2.18. The molecule has 0 bridgehead atoms. The van der Waals surface area contributed by atoms with Crippen LogP contribution < -0.4 is 0 Å². The van der Waals surface area contributed by atoms with E-state index < -0.39 is 0 Å². The Bertz CT molecular complexity index is 234. The van der Waals surface area contributed by atoms with Crippen LogP contribution in [-0.2, 0) is 4.74 Å². The minimum atomic E-state index is 0.322. The first kappa shape index (κ1) is 15.0. The molecule has 16 heavy (non-hydrogen) atoms. The normalized spacial score (nSPS) is 10.1. The van der Waals surface area contributed by atoms with E-state index in [2.05, 4.69) is 27.7 Å². The predicted octanol–water partition coefficient (Wildman–Crippen LogP) is 3.71. The van der Waals surface area contributed by atoms with E-state index >= 15 is 0 Å². The molecule has 0 aliphatic rings. The summed E-state index contributed by atoms with van der Waals surface area (Å²) in [5, 5.41) is 8.63. The lowest BCUT2D eigenvalue weighted by molar-refractivity contribution is 0.0886. The van der Waals surface area contributed by atoms with Crippen molar-refractivity contribution in [2.75, 3.05) is 13.2 Å². The fourth-order valence-corrected chi connectivity index (χ4v) is 0.967. The lowest BCUT2D eigenvalue weighted by Crippen LogP contribution is -2.06. The third-order valence-corrected chi connectivity index (χ3v) is 1.66. The zero-order valence-corrected chi connectivity index (χ0v) is 10.8. The molecule has 0 aromatic heterocycles. The van der Waals surface area contributed by atoms with Crippen molar-refractivity contribution in [3.05, 3.63) is 30.3 Å². The maximum Gasteiger partial charge on any atom is 0.115 e. The zero-order chi connectivity index (χ0) is 12.4. The van der Waals surface area contributed by atoms with E-state index in [-0.39, 0.29) is 0 Å². The van der Waals surface area contributed by atoms with Crippen molar-refractivity contribution in [3.63, 3.8) is 0 Å². The molecule has 0 saturated heterocycles. The van der Waals surface area contributed by atoms with Crippen LogP contribution in [-0.4, -0.2) is 18.3 Å². The summed E-state index contributed by atoms with van der Waals surface area (Å²) in [7, 11) is 0. The van der Waals surface area contributed by atoms with Crippen molar-refractivity contribution >= 4 is 0 Å². The molecule has 1 rings (SSSR count). The molecule has 1 aromatic carbocycles. The lowest BCUT2D eigenvalue weighted by atomic mass is 10.2. The summed E-state index contributed by atoms with van der Waals surface area (Å²) in [5.74, 6) is 1.66. The van der Waals surface area contributed by atoms with Gasteiger partial charge in [0.1, 0.15) is 5.75 Å².